The number of hydrogen-bond donors (Lipinski definition) is 2. The number of nitrogens with zero attached hydrogens (tertiary/aromatic N) is 1. The molecule has 2 N–H and O–H groups in total. The van der Waals surface area contributed by atoms with E-state index in [4.69, 9.17) is 0 Å². The van der Waals surface area contributed by atoms with E-state index >= 15 is 0 Å². The number of carbonyl (C=O) groups is 1. The maximum Gasteiger partial charge on any atom is 0.237 e. The Morgan fingerprint density at radius 3 is 2.86 bits per heavy atom. The Kier molecular flexibility index (Phi) is 4.88. The number of nitrogens with one attached hydrogen (secondary N) is 2. The zero-order valence-corrected chi connectivity index (χ0v) is 12.6. The highest BCUT2D eigenvalue weighted by atomic mass is 16.2. The van der Waals surface area contributed by atoms with E-state index in [-0.39, 0.29) is 11.9 Å². The van der Waals surface area contributed by atoms with Crippen molar-refractivity contribution in [1.29, 1.82) is 0 Å². The molecule has 21 heavy (non-hydrogen) atoms. The molecule has 4 nitrogen and oxygen atoms in total. The molecule has 2 saturated heterocycles. The lowest BCUT2D eigenvalue weighted by Gasteiger charge is -2.24. The van der Waals surface area contributed by atoms with Crippen molar-refractivity contribution in [3.8, 4) is 0 Å². The van der Waals surface area contributed by atoms with Crippen LogP contribution in [0, 0.1) is 0 Å². The summed E-state index contributed by atoms with van der Waals surface area (Å²) in [6, 6.07) is 10.9. The quantitative estimate of drug-likeness (QED) is 0.882. The third kappa shape index (κ3) is 4.05. The van der Waals surface area contributed by atoms with Crippen molar-refractivity contribution in [2.75, 3.05) is 19.6 Å². The van der Waals surface area contributed by atoms with E-state index in [0.29, 0.717) is 6.04 Å². The standard InChI is InChI=1S/C17H25N3O/c21-17(16-8-4-5-10-18-16)19-15-9-11-20(13-15)12-14-6-2-1-3-7-14/h1-3,6-7,15-16,18H,4-5,8-13H2,(H,19,21)/t15?,16-/m0/s1. The summed E-state index contributed by atoms with van der Waals surface area (Å²) in [5, 5.41) is 6.54. The van der Waals surface area contributed by atoms with Crippen LogP contribution in [0.4, 0.5) is 0 Å². The minimum atomic E-state index is 0.0296. The summed E-state index contributed by atoms with van der Waals surface area (Å²) in [5.74, 6) is 0.196. The van der Waals surface area contributed by atoms with Crippen LogP contribution < -0.4 is 10.6 Å². The summed E-state index contributed by atoms with van der Waals surface area (Å²) in [5.41, 5.74) is 1.35. The number of amides is 1. The van der Waals surface area contributed by atoms with Crippen molar-refractivity contribution in [2.24, 2.45) is 0 Å². The Bertz CT molecular complexity index is 456. The molecular weight excluding hydrogens is 262 g/mol. The van der Waals surface area contributed by atoms with Gasteiger partial charge < -0.3 is 10.6 Å². The molecule has 114 valence electrons. The Balaban J connectivity index is 1.45. The van der Waals surface area contributed by atoms with Gasteiger partial charge in [-0.3, -0.25) is 9.69 Å². The fraction of sp³-hybridized carbons (Fsp3) is 0.588. The van der Waals surface area contributed by atoms with E-state index in [1.807, 2.05) is 6.07 Å². The summed E-state index contributed by atoms with van der Waals surface area (Å²) in [7, 11) is 0. The second-order valence-corrected chi connectivity index (χ2v) is 6.22. The first-order valence-electron chi connectivity index (χ1n) is 8.11. The lowest BCUT2D eigenvalue weighted by molar-refractivity contribution is -0.124. The molecule has 1 amide bonds. The Labute approximate surface area is 126 Å². The second-order valence-electron chi connectivity index (χ2n) is 6.22. The third-order valence-corrected chi connectivity index (χ3v) is 4.49. The van der Waals surface area contributed by atoms with Crippen molar-refractivity contribution < 1.29 is 4.79 Å². The summed E-state index contributed by atoms with van der Waals surface area (Å²) in [4.78, 5) is 14.7. The molecule has 0 radical (unpaired) electrons. The van der Waals surface area contributed by atoms with E-state index < -0.39 is 0 Å². The van der Waals surface area contributed by atoms with Gasteiger partial charge in [0, 0.05) is 25.7 Å². The second kappa shape index (κ2) is 7.05. The van der Waals surface area contributed by atoms with Crippen LogP contribution in [0.25, 0.3) is 0 Å². The van der Waals surface area contributed by atoms with Crippen LogP contribution in [0.5, 0.6) is 0 Å². The summed E-state index contributed by atoms with van der Waals surface area (Å²) < 4.78 is 0. The molecule has 0 bridgehead atoms. The number of piperidine rings is 1. The SMILES string of the molecule is O=C(NC1CCN(Cc2ccccc2)C1)[C@@H]1CCCCN1. The molecule has 3 rings (SSSR count). The average Bonchev–Trinajstić information content (AvgIpc) is 2.96. The Hall–Kier alpha value is -1.39. The topological polar surface area (TPSA) is 44.4 Å². The van der Waals surface area contributed by atoms with Gasteiger partial charge in [0.1, 0.15) is 0 Å². The molecule has 2 aliphatic heterocycles. The van der Waals surface area contributed by atoms with Crippen LogP contribution in [-0.4, -0.2) is 42.5 Å². The molecular formula is C17H25N3O. The molecule has 0 aromatic heterocycles. The lowest BCUT2D eigenvalue weighted by Crippen LogP contribution is -2.50. The number of likely N-dealkylation sites (tertiary alicyclic amines) is 1. The fourth-order valence-electron chi connectivity index (χ4n) is 3.31. The smallest absolute Gasteiger partial charge is 0.237 e. The summed E-state index contributed by atoms with van der Waals surface area (Å²) >= 11 is 0. The van der Waals surface area contributed by atoms with Gasteiger partial charge in [-0.2, -0.15) is 0 Å². The Morgan fingerprint density at radius 2 is 2.10 bits per heavy atom. The monoisotopic (exact) mass is 287 g/mol. The molecule has 1 aromatic carbocycles. The van der Waals surface area contributed by atoms with Gasteiger partial charge in [0.05, 0.1) is 6.04 Å². The van der Waals surface area contributed by atoms with Gasteiger partial charge in [-0.15, -0.1) is 0 Å². The Morgan fingerprint density at radius 1 is 1.24 bits per heavy atom. The number of carbonyl (C=O) groups excluding carboxylic acids is 1. The highest BCUT2D eigenvalue weighted by molar-refractivity contribution is 5.82. The number of hydrogen-bond acceptors (Lipinski definition) is 3. The summed E-state index contributed by atoms with van der Waals surface area (Å²) in [6.07, 6.45) is 4.39. The molecule has 0 spiro atoms. The molecule has 2 aliphatic rings. The van der Waals surface area contributed by atoms with Gasteiger partial charge >= 0.3 is 0 Å². The lowest BCUT2D eigenvalue weighted by atomic mass is 10.0. The molecule has 2 fully saturated rings. The first kappa shape index (κ1) is 14.5. The van der Waals surface area contributed by atoms with Gasteiger partial charge in [0.2, 0.25) is 5.91 Å². The van der Waals surface area contributed by atoms with Crippen LogP contribution in [0.1, 0.15) is 31.2 Å². The van der Waals surface area contributed by atoms with Gasteiger partial charge in [-0.1, -0.05) is 36.8 Å². The van der Waals surface area contributed by atoms with Gasteiger partial charge in [-0.25, -0.2) is 0 Å². The minimum Gasteiger partial charge on any atom is -0.351 e. The molecule has 0 aliphatic carbocycles. The number of rotatable bonds is 4. The molecule has 2 heterocycles. The molecule has 4 heteroatoms. The highest BCUT2D eigenvalue weighted by Gasteiger charge is 2.27. The van der Waals surface area contributed by atoms with E-state index in [9.17, 15) is 4.79 Å². The maximum atomic E-state index is 12.2. The third-order valence-electron chi connectivity index (χ3n) is 4.49. The zero-order valence-electron chi connectivity index (χ0n) is 12.6. The molecule has 0 saturated carbocycles. The average molecular weight is 287 g/mol. The largest absolute Gasteiger partial charge is 0.351 e. The minimum absolute atomic E-state index is 0.0296. The van der Waals surface area contributed by atoms with Crippen LogP contribution in [-0.2, 0) is 11.3 Å². The van der Waals surface area contributed by atoms with Crippen LogP contribution in [0.2, 0.25) is 0 Å². The van der Waals surface area contributed by atoms with Gasteiger partial charge in [-0.05, 0) is 31.4 Å². The first-order chi connectivity index (χ1) is 10.3. The van der Waals surface area contributed by atoms with Gasteiger partial charge in [0.25, 0.3) is 0 Å². The van der Waals surface area contributed by atoms with E-state index in [1.165, 1.54) is 12.0 Å². The molecule has 2 atom stereocenters. The van der Waals surface area contributed by atoms with Gasteiger partial charge in [0.15, 0.2) is 0 Å². The van der Waals surface area contributed by atoms with Crippen LogP contribution in [0.3, 0.4) is 0 Å². The maximum absolute atomic E-state index is 12.2. The van der Waals surface area contributed by atoms with Crippen molar-refractivity contribution in [2.45, 2.75) is 44.3 Å². The molecule has 1 unspecified atom stereocenters. The van der Waals surface area contributed by atoms with Crippen molar-refractivity contribution in [3.05, 3.63) is 35.9 Å². The zero-order chi connectivity index (χ0) is 14.5. The van der Waals surface area contributed by atoms with Crippen molar-refractivity contribution in [3.63, 3.8) is 0 Å². The number of benzene rings is 1. The van der Waals surface area contributed by atoms with Crippen molar-refractivity contribution >= 4 is 5.91 Å². The predicted molar refractivity (Wildman–Crippen MR) is 83.9 cm³/mol. The van der Waals surface area contributed by atoms with E-state index in [0.717, 1.165) is 45.4 Å². The molecule has 1 aromatic rings. The highest BCUT2D eigenvalue weighted by Crippen LogP contribution is 2.14. The van der Waals surface area contributed by atoms with Crippen molar-refractivity contribution in [1.82, 2.24) is 15.5 Å². The normalized spacial score (nSPS) is 26.7. The van der Waals surface area contributed by atoms with Crippen LogP contribution in [0.15, 0.2) is 30.3 Å². The predicted octanol–water partition coefficient (Wildman–Crippen LogP) is 1.52. The van der Waals surface area contributed by atoms with Crippen LogP contribution >= 0.6 is 0 Å². The van der Waals surface area contributed by atoms with E-state index in [1.54, 1.807) is 0 Å². The first-order valence-corrected chi connectivity index (χ1v) is 8.11. The summed E-state index contributed by atoms with van der Waals surface area (Å²) in [6.45, 7) is 3.99. The fourth-order valence-corrected chi connectivity index (χ4v) is 3.31. The van der Waals surface area contributed by atoms with E-state index in [2.05, 4.69) is 39.8 Å².